The standard InChI is InChI=1S/C21H18O11/c22-9-6-11(8-4-2-1-3-5-8)30-12-7-10(23)18(14(24)13(9)12)31-21-17(27)15(25)16(26)19(32-21)20(28)29/h1-7,15-17,19,21,23-27H,(H,28,29)/t15-,16-,17+,19-,21+/m0/s1. The Morgan fingerprint density at radius 2 is 1.66 bits per heavy atom. The third kappa shape index (κ3) is 3.63. The molecular weight excluding hydrogens is 428 g/mol. The monoisotopic (exact) mass is 446 g/mol. The lowest BCUT2D eigenvalue weighted by Crippen LogP contribution is -2.61. The number of ether oxygens (including phenoxy) is 2. The predicted molar refractivity (Wildman–Crippen MR) is 106 cm³/mol. The van der Waals surface area contributed by atoms with E-state index in [1.165, 1.54) is 0 Å². The zero-order chi connectivity index (χ0) is 23.2. The van der Waals surface area contributed by atoms with Gasteiger partial charge in [0.2, 0.25) is 12.0 Å². The number of benzene rings is 2. The van der Waals surface area contributed by atoms with Gasteiger partial charge in [-0.15, -0.1) is 0 Å². The van der Waals surface area contributed by atoms with E-state index in [1.54, 1.807) is 30.3 Å². The van der Waals surface area contributed by atoms with E-state index in [2.05, 4.69) is 0 Å². The Kier molecular flexibility index (Phi) is 5.48. The van der Waals surface area contributed by atoms with Crippen LogP contribution in [0, 0.1) is 0 Å². The molecule has 0 saturated carbocycles. The van der Waals surface area contributed by atoms with Crippen molar-refractivity contribution in [2.24, 2.45) is 0 Å². The van der Waals surface area contributed by atoms with E-state index >= 15 is 0 Å². The van der Waals surface area contributed by atoms with Crippen LogP contribution in [-0.4, -0.2) is 67.3 Å². The summed E-state index contributed by atoms with van der Waals surface area (Å²) in [5.41, 5.74) is -0.254. The maximum atomic E-state index is 12.7. The highest BCUT2D eigenvalue weighted by atomic mass is 16.7. The van der Waals surface area contributed by atoms with Gasteiger partial charge in [0.05, 0.1) is 0 Å². The highest BCUT2D eigenvalue weighted by Crippen LogP contribution is 2.43. The molecule has 1 aliphatic heterocycles. The van der Waals surface area contributed by atoms with Crippen molar-refractivity contribution in [2.45, 2.75) is 30.7 Å². The molecule has 1 aliphatic rings. The van der Waals surface area contributed by atoms with Gasteiger partial charge < -0.3 is 44.5 Å². The van der Waals surface area contributed by atoms with E-state index in [0.717, 1.165) is 12.1 Å². The summed E-state index contributed by atoms with van der Waals surface area (Å²) in [6, 6.07) is 10.8. The van der Waals surface area contributed by atoms with Crippen molar-refractivity contribution in [3.05, 3.63) is 52.7 Å². The van der Waals surface area contributed by atoms with Gasteiger partial charge in [-0.05, 0) is 0 Å². The average Bonchev–Trinajstić information content (AvgIpc) is 2.76. The Balaban J connectivity index is 1.75. The van der Waals surface area contributed by atoms with E-state index < -0.39 is 59.4 Å². The second kappa shape index (κ2) is 8.13. The number of aliphatic carboxylic acids is 1. The number of aliphatic hydroxyl groups excluding tert-OH is 3. The van der Waals surface area contributed by atoms with Crippen molar-refractivity contribution in [2.75, 3.05) is 0 Å². The molecule has 11 heteroatoms. The van der Waals surface area contributed by atoms with Gasteiger partial charge in [0.1, 0.15) is 35.0 Å². The SMILES string of the molecule is O=C(O)[C@H]1O[C@@H](Oc2c(O)cc3oc(-c4ccccc4)cc(=O)c3c2O)[C@H](O)[C@@H](O)[C@@H]1O. The Labute approximate surface area is 178 Å². The van der Waals surface area contributed by atoms with Crippen LogP contribution in [0.1, 0.15) is 0 Å². The summed E-state index contributed by atoms with van der Waals surface area (Å²) in [6.07, 6.45) is -9.71. The summed E-state index contributed by atoms with van der Waals surface area (Å²) in [6.45, 7) is 0. The fourth-order valence-electron chi connectivity index (χ4n) is 3.40. The molecule has 0 unspecified atom stereocenters. The van der Waals surface area contributed by atoms with Crippen molar-refractivity contribution in [1.29, 1.82) is 0 Å². The molecule has 168 valence electrons. The highest BCUT2D eigenvalue weighted by molar-refractivity contribution is 5.89. The van der Waals surface area contributed by atoms with Crippen LogP contribution < -0.4 is 10.2 Å². The van der Waals surface area contributed by atoms with Gasteiger partial charge in [0, 0.05) is 17.7 Å². The molecule has 0 bridgehead atoms. The van der Waals surface area contributed by atoms with Gasteiger partial charge in [0.25, 0.3) is 0 Å². The summed E-state index contributed by atoms with van der Waals surface area (Å²) in [4.78, 5) is 23.9. The van der Waals surface area contributed by atoms with Crippen molar-refractivity contribution in [1.82, 2.24) is 0 Å². The molecule has 2 aromatic carbocycles. The molecule has 5 atom stereocenters. The van der Waals surface area contributed by atoms with Gasteiger partial charge in [0.15, 0.2) is 23.0 Å². The first-order chi connectivity index (χ1) is 15.2. The molecule has 2 heterocycles. The summed E-state index contributed by atoms with van der Waals surface area (Å²) < 4.78 is 15.8. The van der Waals surface area contributed by atoms with Gasteiger partial charge >= 0.3 is 5.97 Å². The second-order valence-electron chi connectivity index (χ2n) is 7.14. The number of carboxylic acids is 1. The number of hydrogen-bond donors (Lipinski definition) is 6. The maximum absolute atomic E-state index is 12.7. The van der Waals surface area contributed by atoms with E-state index in [-0.39, 0.29) is 16.7 Å². The van der Waals surface area contributed by atoms with Gasteiger partial charge in [-0.25, -0.2) is 4.79 Å². The maximum Gasteiger partial charge on any atom is 0.335 e. The number of carbonyl (C=O) groups is 1. The smallest absolute Gasteiger partial charge is 0.335 e. The molecule has 1 aromatic heterocycles. The van der Waals surface area contributed by atoms with Gasteiger partial charge in [-0.3, -0.25) is 4.79 Å². The minimum Gasteiger partial charge on any atom is -0.504 e. The van der Waals surface area contributed by atoms with Crippen LogP contribution >= 0.6 is 0 Å². The number of phenolic OH excluding ortho intramolecular Hbond substituents is 2. The molecule has 32 heavy (non-hydrogen) atoms. The number of carboxylic acid groups (broad SMARTS) is 1. The Morgan fingerprint density at radius 1 is 0.969 bits per heavy atom. The van der Waals surface area contributed by atoms with Crippen LogP contribution in [0.25, 0.3) is 22.3 Å². The number of aliphatic hydroxyl groups is 3. The normalized spacial score (nSPS) is 25.5. The largest absolute Gasteiger partial charge is 0.504 e. The lowest BCUT2D eigenvalue weighted by Gasteiger charge is -2.38. The quantitative estimate of drug-likeness (QED) is 0.320. The molecule has 3 aromatic rings. The zero-order valence-electron chi connectivity index (χ0n) is 16.2. The van der Waals surface area contributed by atoms with Gasteiger partial charge in [-0.2, -0.15) is 0 Å². The summed E-state index contributed by atoms with van der Waals surface area (Å²) in [5.74, 6) is -3.74. The Bertz CT molecular complexity index is 1220. The average molecular weight is 446 g/mol. The fraction of sp³-hybridized carbons (Fsp3) is 0.238. The molecule has 11 nitrogen and oxygen atoms in total. The minimum absolute atomic E-state index is 0.164. The molecule has 0 aliphatic carbocycles. The molecule has 1 fully saturated rings. The second-order valence-corrected chi connectivity index (χ2v) is 7.14. The van der Waals surface area contributed by atoms with E-state index in [4.69, 9.17) is 19.0 Å². The summed E-state index contributed by atoms with van der Waals surface area (Å²) in [7, 11) is 0. The van der Waals surface area contributed by atoms with Crippen LogP contribution in [0.5, 0.6) is 17.2 Å². The van der Waals surface area contributed by atoms with Crippen molar-refractivity contribution >= 4 is 16.9 Å². The molecule has 1 saturated heterocycles. The number of rotatable bonds is 4. The zero-order valence-corrected chi connectivity index (χ0v) is 16.2. The first kappa shape index (κ1) is 21.6. The van der Waals surface area contributed by atoms with Crippen molar-refractivity contribution in [3.63, 3.8) is 0 Å². The summed E-state index contributed by atoms with van der Waals surface area (Å²) >= 11 is 0. The number of hydrogen-bond acceptors (Lipinski definition) is 10. The van der Waals surface area contributed by atoms with Crippen LogP contribution in [-0.2, 0) is 9.53 Å². The topological polar surface area (TPSA) is 187 Å². The third-order valence-corrected chi connectivity index (χ3v) is 5.03. The van der Waals surface area contributed by atoms with Gasteiger partial charge in [-0.1, -0.05) is 30.3 Å². The van der Waals surface area contributed by atoms with Crippen molar-refractivity contribution in [3.8, 4) is 28.6 Å². The van der Waals surface area contributed by atoms with Crippen LogP contribution in [0.15, 0.2) is 51.7 Å². The predicted octanol–water partition coefficient (Wildman–Crippen LogP) is 0.142. The molecule has 0 amide bonds. The Hall–Kier alpha value is -3.64. The Morgan fingerprint density at radius 3 is 2.31 bits per heavy atom. The highest BCUT2D eigenvalue weighted by Gasteiger charge is 2.48. The molecule has 0 radical (unpaired) electrons. The molecule has 0 spiro atoms. The number of fused-ring (bicyclic) bond motifs is 1. The van der Waals surface area contributed by atoms with E-state index in [9.17, 15) is 35.1 Å². The van der Waals surface area contributed by atoms with E-state index in [1.807, 2.05) is 0 Å². The lowest BCUT2D eigenvalue weighted by molar-refractivity contribution is -0.271. The first-order valence-corrected chi connectivity index (χ1v) is 9.36. The van der Waals surface area contributed by atoms with Crippen LogP contribution in [0.4, 0.5) is 0 Å². The lowest BCUT2D eigenvalue weighted by atomic mass is 9.99. The summed E-state index contributed by atoms with van der Waals surface area (Å²) in [5, 5.41) is 59.4. The molecule has 4 rings (SSSR count). The first-order valence-electron chi connectivity index (χ1n) is 9.36. The third-order valence-electron chi connectivity index (χ3n) is 5.03. The van der Waals surface area contributed by atoms with Crippen molar-refractivity contribution < 1.29 is 49.3 Å². The minimum atomic E-state index is -1.96. The van der Waals surface area contributed by atoms with Crippen LogP contribution in [0.3, 0.4) is 0 Å². The molecule has 6 N–H and O–H groups in total. The van der Waals surface area contributed by atoms with Crippen LogP contribution in [0.2, 0.25) is 0 Å². The fourth-order valence-corrected chi connectivity index (χ4v) is 3.40. The number of phenols is 2. The number of aromatic hydroxyl groups is 2. The molecular formula is C21H18O11. The van der Waals surface area contributed by atoms with E-state index in [0.29, 0.717) is 5.56 Å².